The Labute approximate surface area is 751 Å². The van der Waals surface area contributed by atoms with Gasteiger partial charge in [-0.15, -0.1) is 0 Å². The highest BCUT2D eigenvalue weighted by atomic mass is 19.1. The van der Waals surface area contributed by atoms with E-state index in [1.54, 1.807) is 49.1 Å². The molecule has 666 valence electrons. The molecule has 131 heavy (non-hydrogen) atoms. The number of urea groups is 4. The van der Waals surface area contributed by atoms with Gasteiger partial charge in [-0.2, -0.15) is 20.4 Å². The van der Waals surface area contributed by atoms with Crippen LogP contribution >= 0.6 is 0 Å². The van der Waals surface area contributed by atoms with Crippen LogP contribution in [0.2, 0.25) is 0 Å². The van der Waals surface area contributed by atoms with Crippen LogP contribution in [-0.2, 0) is 41.0 Å². The number of amides is 8. The van der Waals surface area contributed by atoms with E-state index >= 15 is 0 Å². The molecule has 8 aromatic carbocycles. The van der Waals surface area contributed by atoms with Crippen molar-refractivity contribution >= 4 is 137 Å². The van der Waals surface area contributed by atoms with Crippen molar-refractivity contribution in [3.05, 3.63) is 252 Å². The highest BCUT2D eigenvalue weighted by Gasteiger charge is 2.33. The third kappa shape index (κ3) is 19.6. The zero-order valence-electron chi connectivity index (χ0n) is 73.2. The van der Waals surface area contributed by atoms with Crippen LogP contribution in [0, 0.1) is 17.5 Å². The Morgan fingerprint density at radius 2 is 0.634 bits per heavy atom. The minimum absolute atomic E-state index is 0.0299. The number of rotatable bonds is 20. The standard InChI is InChI=1S/C25H25FN6O.C25H26N6O.2C24H23FN6O2/c1-3-14-4-11-19(26)21(12-14)30-25(33)28-17-9-7-15(8-10-17)18-13-20(16-5-6-16)29-24-22(18)23(27)31-32(24)2;1-3-15-5-4-6-19(13-15)28-25(32)27-18-11-9-16(10-12-18)20-14-21(17-7-8-17)29-24-22(20)23(26)30-31(24)2;1-31-23-21(22(26)30-31)17(12-19(29-23)14-3-4-14)13-5-7-15(8-6-13)27-24(32)28-16-9-10-18(25)20(11-16)33-2;1-31-23-20(22(26)30-31)16(12-18(28-23)14-6-7-14)13-8-10-15(11-9-13)27-24(32)29-17-4-3-5-19(33-2)21(17)25/h4,7-13,16H,3,5-6H2,1-2H3,(H2,27,31)(H2,28,30,33);4-6,9-14,17H,3,7-8H2,1-2H3,(H2,26,30)(H2,27,28,32);5-12,14H,3-4H2,1-2H3,(H2,26,30)(H2,27,28,32);3-5,8-12,14H,6-7H2,1-2H3,(H2,26,30)(H2,27,29,32). The van der Waals surface area contributed by atoms with Crippen LogP contribution in [0.3, 0.4) is 0 Å². The summed E-state index contributed by atoms with van der Waals surface area (Å²) in [6.45, 7) is 4.06. The molecule has 4 aliphatic rings. The van der Waals surface area contributed by atoms with Crippen molar-refractivity contribution in [3.8, 4) is 56.0 Å². The lowest BCUT2D eigenvalue weighted by atomic mass is 10.0. The number of carbonyl (C=O) groups is 4. The molecule has 16 N–H and O–H groups in total. The zero-order chi connectivity index (χ0) is 91.6. The predicted molar refractivity (Wildman–Crippen MR) is 509 cm³/mol. The normalized spacial score (nSPS) is 13.2. The Morgan fingerprint density at radius 1 is 0.336 bits per heavy atom. The van der Waals surface area contributed by atoms with Gasteiger partial charge < -0.3 is 74.9 Å². The lowest BCUT2D eigenvalue weighted by Crippen LogP contribution is -2.20. The maximum absolute atomic E-state index is 14.3. The van der Waals surface area contributed by atoms with Gasteiger partial charge in [-0.25, -0.2) is 71.0 Å². The van der Waals surface area contributed by atoms with Crippen molar-refractivity contribution in [1.29, 1.82) is 0 Å². The number of nitrogens with zero attached hydrogens (tertiary/aromatic N) is 12. The molecule has 4 fully saturated rings. The molecule has 8 heterocycles. The minimum Gasteiger partial charge on any atom is -0.494 e. The number of benzene rings is 8. The van der Waals surface area contributed by atoms with E-state index in [9.17, 15) is 32.3 Å². The number of aromatic nitrogens is 12. The number of anilines is 12. The maximum atomic E-state index is 14.3. The quantitative estimate of drug-likeness (QED) is 0.0337. The number of hydrogen-bond donors (Lipinski definition) is 12. The first-order valence-corrected chi connectivity index (χ1v) is 43.1. The lowest BCUT2D eigenvalue weighted by Gasteiger charge is -2.11. The molecule has 8 amide bonds. The summed E-state index contributed by atoms with van der Waals surface area (Å²) in [5.41, 5.74) is 45.9. The fourth-order valence-electron chi connectivity index (χ4n) is 15.8. The average Bonchev–Trinajstić information content (AvgIpc) is 1.62. The second-order valence-electron chi connectivity index (χ2n) is 32.8. The number of carbonyl (C=O) groups excluding carboxylic acids is 4. The Hall–Kier alpha value is -16.1. The SMILES string of the molecule is CCc1ccc(F)c(NC(=O)Nc2ccc(-c3cc(C4CC4)nc4c3c(N)nn4C)cc2)c1.CCc1cccc(NC(=O)Nc2ccc(-c3cc(C4CC4)nc4c3c(N)nn4C)cc2)c1.COc1cc(NC(=O)Nc2ccc(-c3cc(C4CC4)nc4c3c(N)nn4C)cc2)ccc1F.COc1cccc(NC(=O)Nc2ccc(-c3cc(C4CC4)nc4c3c(N)nn4C)cc2)c1F. The third-order valence-electron chi connectivity index (χ3n) is 23.3. The van der Waals surface area contributed by atoms with E-state index in [4.69, 9.17) is 52.3 Å². The minimum atomic E-state index is -0.632. The second kappa shape index (κ2) is 37.1. The van der Waals surface area contributed by atoms with Crippen LogP contribution in [0.15, 0.2) is 200 Å². The fourth-order valence-corrected chi connectivity index (χ4v) is 15.8. The average molecular weight is 1760 g/mol. The summed E-state index contributed by atoms with van der Waals surface area (Å²) in [5, 5.41) is 42.5. The molecule has 0 aliphatic heterocycles. The van der Waals surface area contributed by atoms with Gasteiger partial charge in [0.2, 0.25) is 0 Å². The second-order valence-corrected chi connectivity index (χ2v) is 32.8. The van der Waals surface area contributed by atoms with Crippen molar-refractivity contribution in [2.45, 2.75) is 102 Å². The number of fused-ring (bicyclic) bond motifs is 4. The van der Waals surface area contributed by atoms with E-state index in [-0.39, 0.29) is 28.9 Å². The predicted octanol–water partition coefficient (Wildman–Crippen LogP) is 20.5. The third-order valence-corrected chi connectivity index (χ3v) is 23.3. The van der Waals surface area contributed by atoms with E-state index in [1.807, 2.05) is 144 Å². The summed E-state index contributed by atoms with van der Waals surface area (Å²) in [6.07, 6.45) is 10.9. The molecule has 0 atom stereocenters. The number of nitrogen functional groups attached to an aromatic ring is 4. The molecule has 0 radical (unpaired) electrons. The van der Waals surface area contributed by atoms with Gasteiger partial charge in [0, 0.05) is 115 Å². The molecular formula is C98H97F3N24O6. The van der Waals surface area contributed by atoms with Crippen LogP contribution in [0.25, 0.3) is 88.6 Å². The zero-order valence-corrected chi connectivity index (χ0v) is 73.2. The molecule has 0 spiro atoms. The van der Waals surface area contributed by atoms with E-state index in [2.05, 4.69) is 94.1 Å². The Morgan fingerprint density at radius 3 is 0.969 bits per heavy atom. The Bertz CT molecular complexity index is 6900. The molecule has 20 rings (SSSR count). The van der Waals surface area contributed by atoms with Crippen LogP contribution in [0.5, 0.6) is 11.5 Å². The summed E-state index contributed by atoms with van der Waals surface area (Å²) >= 11 is 0. The van der Waals surface area contributed by atoms with Gasteiger partial charge in [0.1, 0.15) is 5.82 Å². The number of aryl methyl sites for hydroxylation is 6. The van der Waals surface area contributed by atoms with Crippen LogP contribution in [-0.4, -0.2) is 97.4 Å². The van der Waals surface area contributed by atoms with Crippen molar-refractivity contribution in [2.75, 3.05) is 79.7 Å². The van der Waals surface area contributed by atoms with Gasteiger partial charge in [-0.3, -0.25) is 0 Å². The van der Waals surface area contributed by atoms with Crippen molar-refractivity contribution < 1.29 is 41.8 Å². The van der Waals surface area contributed by atoms with E-state index in [0.717, 1.165) is 174 Å². The maximum Gasteiger partial charge on any atom is 0.323 e. The topological polar surface area (TPSA) is 410 Å². The van der Waals surface area contributed by atoms with Gasteiger partial charge in [-0.1, -0.05) is 86.6 Å². The summed E-state index contributed by atoms with van der Waals surface area (Å²) in [6, 6.07) is 57.9. The number of pyridine rings is 4. The number of ether oxygens (including phenoxy) is 2. The van der Waals surface area contributed by atoms with Crippen molar-refractivity contribution in [1.82, 2.24) is 59.1 Å². The highest BCUT2D eigenvalue weighted by Crippen LogP contribution is 2.48. The van der Waals surface area contributed by atoms with Crippen molar-refractivity contribution in [3.63, 3.8) is 0 Å². The number of hydrogen-bond acceptors (Lipinski definition) is 18. The molecule has 0 unspecified atom stereocenters. The molecule has 0 bridgehead atoms. The van der Waals surface area contributed by atoms with Gasteiger partial charge in [-0.05, 0) is 241 Å². The molecule has 4 aliphatic carbocycles. The largest absolute Gasteiger partial charge is 0.494 e. The van der Waals surface area contributed by atoms with Gasteiger partial charge in [0.05, 0.1) is 47.1 Å². The summed E-state index contributed by atoms with van der Waals surface area (Å²) in [5.74, 6) is 2.26. The number of nitrogens with one attached hydrogen (secondary N) is 8. The molecule has 4 saturated carbocycles. The fraction of sp³-hybridized carbons (Fsp3) is 0.224. The molecule has 30 nitrogen and oxygen atoms in total. The number of methoxy groups -OCH3 is 2. The van der Waals surface area contributed by atoms with E-state index in [0.29, 0.717) is 75.4 Å². The highest BCUT2D eigenvalue weighted by molar-refractivity contribution is 6.07. The molecular weight excluding hydrogens is 1670 g/mol. The Kier molecular flexibility index (Phi) is 24.6. The summed E-state index contributed by atoms with van der Waals surface area (Å²) < 4.78 is 58.6. The number of nitrogens with two attached hydrogens (primary N) is 4. The summed E-state index contributed by atoms with van der Waals surface area (Å²) in [4.78, 5) is 68.7. The van der Waals surface area contributed by atoms with E-state index < -0.39 is 35.5 Å². The molecule has 33 heteroatoms. The van der Waals surface area contributed by atoms with Gasteiger partial charge in [0.25, 0.3) is 0 Å². The molecule has 16 aromatic rings. The first-order chi connectivity index (χ1) is 63.3. The monoisotopic (exact) mass is 1760 g/mol. The summed E-state index contributed by atoms with van der Waals surface area (Å²) in [7, 11) is 10.1. The van der Waals surface area contributed by atoms with Crippen molar-refractivity contribution in [2.24, 2.45) is 28.2 Å². The lowest BCUT2D eigenvalue weighted by molar-refractivity contribution is 0.261. The van der Waals surface area contributed by atoms with Gasteiger partial charge in [0.15, 0.2) is 69.0 Å². The van der Waals surface area contributed by atoms with Crippen LogP contribution in [0.4, 0.5) is 101 Å². The van der Waals surface area contributed by atoms with Gasteiger partial charge >= 0.3 is 24.1 Å². The van der Waals surface area contributed by atoms with Crippen LogP contribution < -0.4 is 74.9 Å². The Balaban J connectivity index is 0.000000122. The first kappa shape index (κ1) is 87.0. The van der Waals surface area contributed by atoms with E-state index in [1.165, 1.54) is 69.0 Å². The number of halogens is 3. The smallest absolute Gasteiger partial charge is 0.323 e. The molecule has 8 aromatic heterocycles. The van der Waals surface area contributed by atoms with Crippen LogP contribution in [0.1, 0.15) is 123 Å². The molecule has 0 saturated heterocycles. The first-order valence-electron chi connectivity index (χ1n) is 43.1.